The first-order chi connectivity index (χ1) is 5.25. The fourth-order valence-electron chi connectivity index (χ4n) is 1.06. The van der Waals surface area contributed by atoms with Crippen molar-refractivity contribution in [3.8, 4) is 0 Å². The topological polar surface area (TPSA) is 0 Å². The Labute approximate surface area is 85.0 Å². The molecule has 0 N–H and O–H groups in total. The average molecular weight is 273 g/mol. The highest BCUT2D eigenvalue weighted by molar-refractivity contribution is 14.1. The third-order valence-electron chi connectivity index (χ3n) is 1.77. The lowest BCUT2D eigenvalue weighted by atomic mass is 10.1. The zero-order valence-electron chi connectivity index (χ0n) is 6.52. The molecule has 0 unspecified atom stereocenters. The third-order valence-corrected chi connectivity index (χ3v) is 3.19. The molecular weight excluding hydrogens is 263 g/mol. The lowest BCUT2D eigenvalue weighted by molar-refractivity contribution is 1.10. The van der Waals surface area contributed by atoms with E-state index in [9.17, 15) is 0 Å². The molecule has 57 valence electrons. The summed E-state index contributed by atoms with van der Waals surface area (Å²) in [6, 6.07) is 7.50. The van der Waals surface area contributed by atoms with Crippen LogP contribution in [0, 0.1) is 10.5 Å². The van der Waals surface area contributed by atoms with E-state index in [1.165, 1.54) is 14.7 Å². The predicted octanol–water partition coefficient (Wildman–Crippen LogP) is 2.73. The summed E-state index contributed by atoms with van der Waals surface area (Å²) in [6.45, 7) is 2.18. The first-order valence-corrected chi connectivity index (χ1v) is 5.43. The maximum absolute atomic E-state index is 3.49. The maximum Gasteiger partial charge on any atom is 0.0225 e. The molecule has 0 aliphatic rings. The molecule has 0 heterocycles. The molecule has 0 saturated carbocycles. The summed E-state index contributed by atoms with van der Waals surface area (Å²) in [5.41, 5.74) is 2.87. The highest BCUT2D eigenvalue weighted by Gasteiger charge is 1.98. The van der Waals surface area contributed by atoms with Crippen molar-refractivity contribution in [1.29, 1.82) is 0 Å². The van der Waals surface area contributed by atoms with Gasteiger partial charge in [-0.05, 0) is 53.1 Å². The van der Waals surface area contributed by atoms with Gasteiger partial charge in [-0.2, -0.15) is 0 Å². The van der Waals surface area contributed by atoms with Crippen LogP contribution in [0.15, 0.2) is 18.2 Å². The maximum atomic E-state index is 3.49. The second-order valence-corrected chi connectivity index (χ2v) is 4.19. The van der Waals surface area contributed by atoms with Gasteiger partial charge >= 0.3 is 0 Å². The molecule has 0 aliphatic heterocycles. The minimum atomic E-state index is 1.04. The molecule has 0 amide bonds. The minimum absolute atomic E-state index is 1.04. The predicted molar refractivity (Wildman–Crippen MR) is 58.2 cm³/mol. The lowest BCUT2D eigenvalue weighted by Gasteiger charge is -2.04. The molecule has 0 atom stereocenters. The number of benzene rings is 1. The van der Waals surface area contributed by atoms with Crippen molar-refractivity contribution in [2.75, 3.05) is 0 Å². The van der Waals surface area contributed by atoms with Crippen molar-refractivity contribution in [3.63, 3.8) is 0 Å². The zero-order chi connectivity index (χ0) is 8.27. The van der Waals surface area contributed by atoms with Gasteiger partial charge in [-0.15, -0.1) is 0 Å². The summed E-state index contributed by atoms with van der Waals surface area (Å²) in [5, 5.41) is 0. The van der Waals surface area contributed by atoms with Gasteiger partial charge in [0.1, 0.15) is 0 Å². The van der Waals surface area contributed by atoms with Crippen LogP contribution in [0.2, 0.25) is 6.04 Å². The van der Waals surface area contributed by atoms with Crippen LogP contribution in [0.5, 0.6) is 0 Å². The Kier molecular flexibility index (Phi) is 3.58. The quantitative estimate of drug-likeness (QED) is 0.574. The molecule has 1 rings (SSSR count). The van der Waals surface area contributed by atoms with E-state index in [2.05, 4.69) is 58.0 Å². The first kappa shape index (κ1) is 9.26. The van der Waals surface area contributed by atoms with Crippen LogP contribution < -0.4 is 0 Å². The smallest absolute Gasteiger partial charge is 0.0225 e. The van der Waals surface area contributed by atoms with Gasteiger partial charge in [0, 0.05) is 13.8 Å². The van der Waals surface area contributed by atoms with Crippen molar-refractivity contribution in [2.45, 2.75) is 19.4 Å². The Morgan fingerprint density at radius 3 is 2.82 bits per heavy atom. The number of hydrogen-bond acceptors (Lipinski definition) is 0. The van der Waals surface area contributed by atoms with Gasteiger partial charge in [-0.1, -0.05) is 18.2 Å². The summed E-state index contributed by atoms with van der Waals surface area (Å²) in [6.07, 6.45) is 1.12. The molecule has 0 bridgehead atoms. The van der Waals surface area contributed by atoms with Crippen molar-refractivity contribution in [1.82, 2.24) is 0 Å². The Morgan fingerprint density at radius 1 is 1.45 bits per heavy atom. The fraction of sp³-hybridized carbons (Fsp3) is 0.333. The Hall–Kier alpha value is 0.167. The van der Waals surface area contributed by atoms with Crippen LogP contribution in [0.3, 0.4) is 0 Å². The molecule has 0 nitrogen and oxygen atoms in total. The summed E-state index contributed by atoms with van der Waals surface area (Å²) < 4.78 is 1.36. The molecule has 0 spiro atoms. The van der Waals surface area contributed by atoms with Crippen LogP contribution in [0.1, 0.15) is 11.1 Å². The van der Waals surface area contributed by atoms with E-state index in [4.69, 9.17) is 0 Å². The summed E-state index contributed by atoms with van der Waals surface area (Å²) in [5.74, 6) is 0. The highest BCUT2D eigenvalue weighted by atomic mass is 127. The molecular formula is C9H10ISi. The zero-order valence-corrected chi connectivity index (χ0v) is 9.68. The summed E-state index contributed by atoms with van der Waals surface area (Å²) in [7, 11) is 3.49. The number of rotatable bonds is 2. The molecule has 0 aromatic heterocycles. The lowest BCUT2D eigenvalue weighted by Crippen LogP contribution is -1.90. The van der Waals surface area contributed by atoms with Gasteiger partial charge < -0.3 is 0 Å². The number of hydrogen-bond donors (Lipinski definition) is 0. The third kappa shape index (κ3) is 2.30. The molecule has 1 aromatic carbocycles. The van der Waals surface area contributed by atoms with Crippen LogP contribution in [-0.4, -0.2) is 10.2 Å². The Balaban J connectivity index is 2.96. The van der Waals surface area contributed by atoms with E-state index in [0.29, 0.717) is 0 Å². The fourth-order valence-corrected chi connectivity index (χ4v) is 1.88. The second kappa shape index (κ2) is 4.26. The van der Waals surface area contributed by atoms with E-state index in [-0.39, 0.29) is 0 Å². The van der Waals surface area contributed by atoms with E-state index < -0.39 is 0 Å². The molecule has 1 aromatic rings. The van der Waals surface area contributed by atoms with Gasteiger partial charge in [-0.3, -0.25) is 0 Å². The van der Waals surface area contributed by atoms with Gasteiger partial charge in [0.25, 0.3) is 0 Å². The van der Waals surface area contributed by atoms with Crippen molar-refractivity contribution < 1.29 is 0 Å². The van der Waals surface area contributed by atoms with E-state index in [1.54, 1.807) is 0 Å². The van der Waals surface area contributed by atoms with E-state index in [0.717, 1.165) is 12.5 Å². The molecule has 0 aliphatic carbocycles. The normalized spacial score (nSPS) is 10.1. The van der Waals surface area contributed by atoms with Gasteiger partial charge in [0.15, 0.2) is 0 Å². The summed E-state index contributed by atoms with van der Waals surface area (Å²) >= 11 is 2.37. The SMILES string of the molecule is Cc1c(I)cccc1CC[Si]. The van der Waals surface area contributed by atoms with Gasteiger partial charge in [-0.25, -0.2) is 0 Å². The van der Waals surface area contributed by atoms with E-state index >= 15 is 0 Å². The van der Waals surface area contributed by atoms with Crippen molar-refractivity contribution in [3.05, 3.63) is 32.9 Å². The molecule has 2 heteroatoms. The van der Waals surface area contributed by atoms with Crippen molar-refractivity contribution >= 4 is 32.8 Å². The monoisotopic (exact) mass is 273 g/mol. The van der Waals surface area contributed by atoms with Crippen LogP contribution in [0.4, 0.5) is 0 Å². The Bertz CT molecular complexity index is 245. The molecule has 0 saturated heterocycles. The first-order valence-electron chi connectivity index (χ1n) is 3.64. The Morgan fingerprint density at radius 2 is 2.18 bits per heavy atom. The minimum Gasteiger partial charge on any atom is -0.0609 e. The molecule has 11 heavy (non-hydrogen) atoms. The van der Waals surface area contributed by atoms with Crippen LogP contribution in [0.25, 0.3) is 0 Å². The van der Waals surface area contributed by atoms with E-state index in [1.807, 2.05) is 0 Å². The number of aryl methyl sites for hydroxylation is 1. The largest absolute Gasteiger partial charge is 0.0609 e. The molecule has 0 fully saturated rings. The van der Waals surface area contributed by atoms with Crippen molar-refractivity contribution in [2.24, 2.45) is 0 Å². The van der Waals surface area contributed by atoms with Crippen LogP contribution in [-0.2, 0) is 6.42 Å². The van der Waals surface area contributed by atoms with Gasteiger partial charge in [0.05, 0.1) is 0 Å². The summed E-state index contributed by atoms with van der Waals surface area (Å²) in [4.78, 5) is 0. The number of halogens is 1. The second-order valence-electron chi connectivity index (χ2n) is 2.52. The standard InChI is InChI=1S/C9H10ISi/c1-7-8(5-6-11)3-2-4-9(7)10/h2-4H,5-6H2,1H3. The highest BCUT2D eigenvalue weighted by Crippen LogP contribution is 2.16. The van der Waals surface area contributed by atoms with Gasteiger partial charge in [0.2, 0.25) is 0 Å². The molecule has 3 radical (unpaired) electrons. The average Bonchev–Trinajstić information content (AvgIpc) is 1.99. The van der Waals surface area contributed by atoms with Crippen LogP contribution >= 0.6 is 22.6 Å².